The summed E-state index contributed by atoms with van der Waals surface area (Å²) in [6.45, 7) is 3.21. The van der Waals surface area contributed by atoms with E-state index in [0.717, 1.165) is 17.7 Å². The van der Waals surface area contributed by atoms with Crippen molar-refractivity contribution in [3.05, 3.63) is 34.2 Å². The van der Waals surface area contributed by atoms with Crippen LogP contribution in [0, 0.1) is 12.4 Å². The molecule has 0 amide bonds. The van der Waals surface area contributed by atoms with E-state index in [1.165, 1.54) is 17.4 Å². The van der Waals surface area contributed by atoms with Crippen molar-refractivity contribution in [1.82, 2.24) is 4.98 Å². The molecule has 21 heavy (non-hydrogen) atoms. The van der Waals surface area contributed by atoms with Gasteiger partial charge in [0.1, 0.15) is 0 Å². The van der Waals surface area contributed by atoms with Crippen LogP contribution in [0.2, 0.25) is 0 Å². The van der Waals surface area contributed by atoms with Gasteiger partial charge in [-0.1, -0.05) is 6.07 Å². The van der Waals surface area contributed by atoms with Gasteiger partial charge in [0.25, 0.3) is 0 Å². The molecule has 0 atom stereocenters. The highest BCUT2D eigenvalue weighted by Gasteiger charge is 2.36. The highest BCUT2D eigenvalue weighted by Crippen LogP contribution is 2.40. The molecule has 0 bridgehead atoms. The molecule has 2 aromatic rings. The summed E-state index contributed by atoms with van der Waals surface area (Å²) < 4.78 is 40.1. The Morgan fingerprint density at radius 3 is 2.52 bits per heavy atom. The third-order valence-corrected chi connectivity index (χ3v) is 4.39. The molecule has 1 saturated heterocycles. The van der Waals surface area contributed by atoms with Crippen LogP contribution in [0.1, 0.15) is 23.3 Å². The number of thiazole rings is 1. The van der Waals surface area contributed by atoms with Crippen molar-refractivity contribution in [3.8, 4) is 11.3 Å². The molecule has 0 spiro atoms. The Bertz CT molecular complexity index is 643. The fourth-order valence-corrected chi connectivity index (χ4v) is 3.21. The van der Waals surface area contributed by atoms with Crippen molar-refractivity contribution in [3.63, 3.8) is 0 Å². The minimum atomic E-state index is -4.36. The van der Waals surface area contributed by atoms with Gasteiger partial charge in [-0.25, -0.2) is 4.98 Å². The van der Waals surface area contributed by atoms with E-state index in [4.69, 9.17) is 0 Å². The van der Waals surface area contributed by atoms with Crippen molar-refractivity contribution >= 4 is 17.0 Å². The Morgan fingerprint density at radius 2 is 1.95 bits per heavy atom. The number of aromatic nitrogens is 1. The molecular weight excluding hydrogens is 297 g/mol. The highest BCUT2D eigenvalue weighted by molar-refractivity contribution is 7.09. The van der Waals surface area contributed by atoms with Crippen LogP contribution in [0.25, 0.3) is 11.3 Å². The summed E-state index contributed by atoms with van der Waals surface area (Å²) in [4.78, 5) is 6.73. The topological polar surface area (TPSA) is 16.1 Å². The van der Waals surface area contributed by atoms with E-state index in [1.807, 2.05) is 11.8 Å². The average Bonchev–Trinajstić information content (AvgIpc) is 3.08. The van der Waals surface area contributed by atoms with Gasteiger partial charge in [0, 0.05) is 29.2 Å². The van der Waals surface area contributed by atoms with Crippen LogP contribution in [0.15, 0.2) is 18.2 Å². The lowest BCUT2D eigenvalue weighted by Gasteiger charge is -2.23. The van der Waals surface area contributed by atoms with E-state index < -0.39 is 11.7 Å². The summed E-state index contributed by atoms with van der Waals surface area (Å²) in [5, 5.41) is 0. The summed E-state index contributed by atoms with van der Waals surface area (Å²) in [5.74, 6) is 0. The number of nitrogens with zero attached hydrogens (tertiary/aromatic N) is 2. The standard InChI is InChI=1S/C15H14F3N2S/c1-10-14(19-9-21-10)11-4-5-13(20-6-2-3-7-20)12(8-11)15(16,17)18/h4-5,8H,2-3,6-7H2,1H3. The van der Waals surface area contributed by atoms with E-state index in [-0.39, 0.29) is 5.69 Å². The Labute approximate surface area is 125 Å². The number of hydrogen-bond acceptors (Lipinski definition) is 3. The van der Waals surface area contributed by atoms with Crippen molar-refractivity contribution in [2.45, 2.75) is 25.9 Å². The number of rotatable bonds is 2. The number of benzene rings is 1. The van der Waals surface area contributed by atoms with E-state index in [0.29, 0.717) is 24.3 Å². The van der Waals surface area contributed by atoms with Crippen LogP contribution in [-0.4, -0.2) is 18.1 Å². The number of hydrogen-bond donors (Lipinski definition) is 0. The molecule has 6 heteroatoms. The van der Waals surface area contributed by atoms with Crippen molar-refractivity contribution in [1.29, 1.82) is 0 Å². The van der Waals surface area contributed by atoms with Gasteiger partial charge in [0.2, 0.25) is 0 Å². The van der Waals surface area contributed by atoms with Crippen LogP contribution < -0.4 is 4.90 Å². The van der Waals surface area contributed by atoms with Crippen molar-refractivity contribution in [2.24, 2.45) is 0 Å². The Kier molecular flexibility index (Phi) is 3.65. The fraction of sp³-hybridized carbons (Fsp3) is 0.400. The summed E-state index contributed by atoms with van der Waals surface area (Å²) in [7, 11) is 0. The minimum Gasteiger partial charge on any atom is -0.371 e. The lowest BCUT2D eigenvalue weighted by molar-refractivity contribution is -0.137. The molecule has 0 N–H and O–H groups in total. The summed E-state index contributed by atoms with van der Waals surface area (Å²) in [5.41, 5.74) is 3.51. The molecule has 1 aromatic carbocycles. The van der Waals surface area contributed by atoms with Gasteiger partial charge >= 0.3 is 6.18 Å². The monoisotopic (exact) mass is 311 g/mol. The van der Waals surface area contributed by atoms with Crippen molar-refractivity contribution in [2.75, 3.05) is 18.0 Å². The van der Waals surface area contributed by atoms with Crippen LogP contribution >= 0.6 is 11.3 Å². The zero-order valence-corrected chi connectivity index (χ0v) is 12.3. The molecule has 0 aliphatic carbocycles. The predicted octanol–water partition coefficient (Wildman–Crippen LogP) is 4.54. The fourth-order valence-electron chi connectivity index (χ4n) is 2.68. The minimum absolute atomic E-state index is 0.278. The lowest BCUT2D eigenvalue weighted by Crippen LogP contribution is -2.22. The summed E-state index contributed by atoms with van der Waals surface area (Å²) in [6.07, 6.45) is -2.47. The second-order valence-electron chi connectivity index (χ2n) is 5.13. The third kappa shape index (κ3) is 2.77. The maximum atomic E-state index is 13.4. The maximum absolute atomic E-state index is 13.4. The molecular formula is C15H14F3N2S. The van der Waals surface area contributed by atoms with Gasteiger partial charge in [0.15, 0.2) is 5.51 Å². The van der Waals surface area contributed by atoms with Gasteiger partial charge < -0.3 is 4.90 Å². The van der Waals surface area contributed by atoms with Gasteiger partial charge in [0.05, 0.1) is 11.3 Å². The Balaban J connectivity index is 2.09. The van der Waals surface area contributed by atoms with Crippen LogP contribution in [0.3, 0.4) is 0 Å². The largest absolute Gasteiger partial charge is 0.418 e. The first kappa shape index (κ1) is 14.4. The van der Waals surface area contributed by atoms with Crippen LogP contribution in [0.5, 0.6) is 0 Å². The van der Waals surface area contributed by atoms with E-state index >= 15 is 0 Å². The van der Waals surface area contributed by atoms with Gasteiger partial charge in [-0.05, 0) is 31.9 Å². The van der Waals surface area contributed by atoms with Crippen LogP contribution in [0.4, 0.5) is 18.9 Å². The normalized spacial score (nSPS) is 15.7. The van der Waals surface area contributed by atoms with Gasteiger partial charge in [-0.15, -0.1) is 11.3 Å². The van der Waals surface area contributed by atoms with E-state index in [1.54, 1.807) is 12.1 Å². The zero-order chi connectivity index (χ0) is 15.0. The molecule has 2 heterocycles. The average molecular weight is 311 g/mol. The first-order valence-corrected chi connectivity index (χ1v) is 7.58. The predicted molar refractivity (Wildman–Crippen MR) is 77.6 cm³/mol. The third-order valence-electron chi connectivity index (χ3n) is 3.71. The first-order chi connectivity index (χ1) is 9.97. The number of alkyl halides is 3. The summed E-state index contributed by atoms with van der Waals surface area (Å²) >= 11 is 1.31. The molecule has 0 unspecified atom stereocenters. The molecule has 1 aliphatic heterocycles. The van der Waals surface area contributed by atoms with Crippen LogP contribution in [-0.2, 0) is 6.18 Å². The van der Waals surface area contributed by atoms with E-state index in [2.05, 4.69) is 10.5 Å². The Hall–Kier alpha value is -1.56. The quantitative estimate of drug-likeness (QED) is 0.809. The number of halogens is 3. The van der Waals surface area contributed by atoms with E-state index in [9.17, 15) is 13.2 Å². The molecule has 3 rings (SSSR count). The second-order valence-corrected chi connectivity index (χ2v) is 6.13. The molecule has 1 fully saturated rings. The molecule has 2 nitrogen and oxygen atoms in total. The highest BCUT2D eigenvalue weighted by atomic mass is 32.1. The molecule has 1 aliphatic rings. The number of anilines is 1. The molecule has 1 aromatic heterocycles. The molecule has 111 valence electrons. The van der Waals surface area contributed by atoms with Crippen molar-refractivity contribution < 1.29 is 13.2 Å². The summed E-state index contributed by atoms with van der Waals surface area (Å²) in [6, 6.07) is 4.50. The van der Waals surface area contributed by atoms with Gasteiger partial charge in [-0.3, -0.25) is 0 Å². The first-order valence-electron chi connectivity index (χ1n) is 6.77. The molecule has 1 radical (unpaired) electrons. The SMILES string of the molecule is Cc1s[c]nc1-c1ccc(N2CCCC2)c(C(F)(F)F)c1. The zero-order valence-electron chi connectivity index (χ0n) is 11.5. The van der Waals surface area contributed by atoms with Gasteiger partial charge in [-0.2, -0.15) is 13.2 Å². The molecule has 0 saturated carbocycles. The second kappa shape index (κ2) is 5.33. The smallest absolute Gasteiger partial charge is 0.371 e. The maximum Gasteiger partial charge on any atom is 0.418 e. The lowest BCUT2D eigenvalue weighted by atomic mass is 10.0. The Morgan fingerprint density at radius 1 is 1.24 bits per heavy atom. The number of aryl methyl sites for hydroxylation is 1.